The lowest BCUT2D eigenvalue weighted by atomic mass is 9.86. The first-order valence-corrected chi connectivity index (χ1v) is 8.53. The van der Waals surface area contributed by atoms with E-state index < -0.39 is 0 Å². The minimum Gasteiger partial charge on any atom is -0.469 e. The molecule has 1 aromatic carbocycles. The molecule has 0 spiro atoms. The monoisotopic (exact) mass is 378 g/mol. The summed E-state index contributed by atoms with van der Waals surface area (Å²) in [6.07, 6.45) is 3.13. The number of hydrogen-bond donors (Lipinski definition) is 2. The van der Waals surface area contributed by atoms with Crippen molar-refractivity contribution < 1.29 is 14.3 Å². The van der Waals surface area contributed by atoms with Crippen molar-refractivity contribution in [3.63, 3.8) is 0 Å². The van der Waals surface area contributed by atoms with Gasteiger partial charge in [-0.25, -0.2) is 0 Å². The maximum absolute atomic E-state index is 12.4. The molecule has 1 fully saturated rings. The summed E-state index contributed by atoms with van der Waals surface area (Å²) in [6, 6.07) is 7.83. The quantitative estimate of drug-likeness (QED) is 0.804. The van der Waals surface area contributed by atoms with Crippen LogP contribution in [0.3, 0.4) is 0 Å². The van der Waals surface area contributed by atoms with Gasteiger partial charge in [0.15, 0.2) is 0 Å². The van der Waals surface area contributed by atoms with Crippen molar-refractivity contribution in [1.29, 1.82) is 0 Å². The average Bonchev–Trinajstić information content (AvgIpc) is 2.98. The number of aromatic amines is 1. The Hall–Kier alpha value is -1.82. The Labute approximate surface area is 142 Å². The van der Waals surface area contributed by atoms with Crippen molar-refractivity contribution in [2.24, 2.45) is 5.92 Å². The number of ether oxygens (including phenoxy) is 1. The normalized spacial score (nSPS) is 21.1. The molecule has 1 saturated carbocycles. The summed E-state index contributed by atoms with van der Waals surface area (Å²) in [5, 5.41) is 4.05. The first-order valence-electron chi connectivity index (χ1n) is 7.74. The maximum Gasteiger partial charge on any atom is 0.308 e. The lowest BCUT2D eigenvalue weighted by molar-refractivity contribution is -0.146. The van der Waals surface area contributed by atoms with Crippen molar-refractivity contribution in [2.45, 2.75) is 31.7 Å². The molecule has 5 nitrogen and oxygen atoms in total. The SMILES string of the molecule is COC(=O)C1CCC(NC(=O)c2cc3cc(Br)ccc3[nH]2)CC1. The topological polar surface area (TPSA) is 71.2 Å². The molecule has 23 heavy (non-hydrogen) atoms. The van der Waals surface area contributed by atoms with E-state index in [4.69, 9.17) is 4.74 Å². The van der Waals surface area contributed by atoms with Gasteiger partial charge in [0.05, 0.1) is 13.0 Å². The molecule has 0 saturated heterocycles. The number of benzene rings is 1. The van der Waals surface area contributed by atoms with E-state index in [-0.39, 0.29) is 23.8 Å². The van der Waals surface area contributed by atoms with Gasteiger partial charge in [-0.3, -0.25) is 9.59 Å². The van der Waals surface area contributed by atoms with Crippen LogP contribution in [0.1, 0.15) is 36.2 Å². The number of H-pyrrole nitrogens is 1. The van der Waals surface area contributed by atoms with Crippen LogP contribution >= 0.6 is 15.9 Å². The molecule has 2 aromatic rings. The fraction of sp³-hybridized carbons (Fsp3) is 0.412. The Balaban J connectivity index is 1.62. The van der Waals surface area contributed by atoms with E-state index in [2.05, 4.69) is 26.2 Å². The van der Waals surface area contributed by atoms with Crippen LogP contribution in [0.5, 0.6) is 0 Å². The van der Waals surface area contributed by atoms with Crippen LogP contribution in [0, 0.1) is 5.92 Å². The lowest BCUT2D eigenvalue weighted by Gasteiger charge is -2.27. The second kappa shape index (κ2) is 6.74. The van der Waals surface area contributed by atoms with Crippen LogP contribution in [0.15, 0.2) is 28.7 Å². The third-order valence-electron chi connectivity index (χ3n) is 4.42. The highest BCUT2D eigenvalue weighted by Crippen LogP contribution is 2.26. The van der Waals surface area contributed by atoms with Gasteiger partial charge in [0.2, 0.25) is 0 Å². The van der Waals surface area contributed by atoms with Gasteiger partial charge in [0.1, 0.15) is 5.69 Å². The zero-order valence-electron chi connectivity index (χ0n) is 12.9. The summed E-state index contributed by atoms with van der Waals surface area (Å²) in [5.74, 6) is -0.270. The van der Waals surface area contributed by atoms with Crippen molar-refractivity contribution in [3.8, 4) is 0 Å². The molecule has 1 heterocycles. The third-order valence-corrected chi connectivity index (χ3v) is 4.92. The summed E-state index contributed by atoms with van der Waals surface area (Å²) in [7, 11) is 1.42. The Bertz CT molecular complexity index is 733. The molecule has 122 valence electrons. The Kier molecular flexibility index (Phi) is 4.71. The minimum absolute atomic E-state index is 0.0291. The molecule has 0 atom stereocenters. The number of carbonyl (C=O) groups excluding carboxylic acids is 2. The predicted molar refractivity (Wildman–Crippen MR) is 91.2 cm³/mol. The molecular weight excluding hydrogens is 360 g/mol. The number of amides is 1. The van der Waals surface area contributed by atoms with Gasteiger partial charge in [-0.05, 0) is 49.9 Å². The van der Waals surface area contributed by atoms with Crippen LogP contribution < -0.4 is 5.32 Å². The molecule has 0 aliphatic heterocycles. The number of halogens is 1. The van der Waals surface area contributed by atoms with Crippen molar-refractivity contribution in [2.75, 3.05) is 7.11 Å². The Morgan fingerprint density at radius 1 is 1.22 bits per heavy atom. The van der Waals surface area contributed by atoms with E-state index in [1.165, 1.54) is 7.11 Å². The summed E-state index contributed by atoms with van der Waals surface area (Å²) in [5.41, 5.74) is 1.50. The highest BCUT2D eigenvalue weighted by atomic mass is 79.9. The highest BCUT2D eigenvalue weighted by Gasteiger charge is 2.28. The maximum atomic E-state index is 12.4. The van der Waals surface area contributed by atoms with Gasteiger partial charge in [-0.1, -0.05) is 15.9 Å². The number of aromatic nitrogens is 1. The molecule has 2 N–H and O–H groups in total. The smallest absolute Gasteiger partial charge is 0.308 e. The van der Waals surface area contributed by atoms with E-state index in [1.807, 2.05) is 24.3 Å². The molecule has 3 rings (SSSR count). The van der Waals surface area contributed by atoms with Gasteiger partial charge in [0.25, 0.3) is 5.91 Å². The average molecular weight is 379 g/mol. The zero-order valence-corrected chi connectivity index (χ0v) is 14.5. The summed E-state index contributed by atoms with van der Waals surface area (Å²) in [4.78, 5) is 27.1. The zero-order chi connectivity index (χ0) is 16.4. The van der Waals surface area contributed by atoms with E-state index in [1.54, 1.807) is 0 Å². The van der Waals surface area contributed by atoms with E-state index in [0.29, 0.717) is 5.69 Å². The standard InChI is InChI=1S/C17H19BrN2O3/c1-23-17(22)10-2-5-13(6-3-10)19-16(21)15-9-11-8-12(18)4-7-14(11)20-15/h4,7-10,13,20H,2-3,5-6H2,1H3,(H,19,21). The molecule has 1 aromatic heterocycles. The molecule has 1 aliphatic rings. The number of nitrogens with one attached hydrogen (secondary N) is 2. The fourth-order valence-corrected chi connectivity index (χ4v) is 3.51. The molecular formula is C17H19BrN2O3. The number of esters is 1. The largest absolute Gasteiger partial charge is 0.469 e. The summed E-state index contributed by atoms with van der Waals surface area (Å²) in [6.45, 7) is 0. The summed E-state index contributed by atoms with van der Waals surface area (Å²) < 4.78 is 5.77. The Morgan fingerprint density at radius 2 is 1.96 bits per heavy atom. The molecule has 6 heteroatoms. The van der Waals surface area contributed by atoms with E-state index in [0.717, 1.165) is 41.1 Å². The number of fused-ring (bicyclic) bond motifs is 1. The van der Waals surface area contributed by atoms with Crippen molar-refractivity contribution in [3.05, 3.63) is 34.4 Å². The van der Waals surface area contributed by atoms with Crippen LogP contribution in [0.25, 0.3) is 10.9 Å². The first-order chi connectivity index (χ1) is 11.1. The predicted octanol–water partition coefficient (Wildman–Crippen LogP) is 3.39. The van der Waals surface area contributed by atoms with E-state index in [9.17, 15) is 9.59 Å². The number of carbonyl (C=O) groups is 2. The lowest BCUT2D eigenvalue weighted by Crippen LogP contribution is -2.39. The van der Waals surface area contributed by atoms with Crippen LogP contribution in [0.4, 0.5) is 0 Å². The van der Waals surface area contributed by atoms with Gasteiger partial charge in [-0.15, -0.1) is 0 Å². The number of methoxy groups -OCH3 is 1. The second-order valence-corrected chi connectivity index (χ2v) is 6.88. The van der Waals surface area contributed by atoms with Crippen molar-refractivity contribution >= 4 is 38.7 Å². The molecule has 1 aliphatic carbocycles. The van der Waals surface area contributed by atoms with E-state index >= 15 is 0 Å². The molecule has 0 bridgehead atoms. The van der Waals surface area contributed by atoms with Gasteiger partial charge in [-0.2, -0.15) is 0 Å². The van der Waals surface area contributed by atoms with Gasteiger partial charge in [0, 0.05) is 21.4 Å². The molecule has 0 unspecified atom stereocenters. The van der Waals surface area contributed by atoms with Gasteiger partial charge >= 0.3 is 5.97 Å². The van der Waals surface area contributed by atoms with Crippen LogP contribution in [-0.4, -0.2) is 30.0 Å². The highest BCUT2D eigenvalue weighted by molar-refractivity contribution is 9.10. The Morgan fingerprint density at radius 3 is 2.65 bits per heavy atom. The first kappa shape index (κ1) is 16.1. The van der Waals surface area contributed by atoms with Crippen molar-refractivity contribution in [1.82, 2.24) is 10.3 Å². The molecule has 1 amide bonds. The summed E-state index contributed by atoms with van der Waals surface area (Å²) >= 11 is 3.43. The fourth-order valence-electron chi connectivity index (χ4n) is 3.13. The van der Waals surface area contributed by atoms with Crippen LogP contribution in [0.2, 0.25) is 0 Å². The minimum atomic E-state index is -0.143. The number of rotatable bonds is 3. The van der Waals surface area contributed by atoms with Gasteiger partial charge < -0.3 is 15.0 Å². The second-order valence-electron chi connectivity index (χ2n) is 5.96. The molecule has 0 radical (unpaired) electrons. The third kappa shape index (κ3) is 3.58. The number of hydrogen-bond acceptors (Lipinski definition) is 3. The van der Waals surface area contributed by atoms with Crippen LogP contribution in [-0.2, 0) is 9.53 Å².